The molecule has 0 radical (unpaired) electrons. The third kappa shape index (κ3) is 2.33. The number of allylic oxidation sites excluding steroid dienone is 1. The lowest BCUT2D eigenvalue weighted by Crippen LogP contribution is -2.21. The normalized spacial score (nSPS) is 16.5. The molecule has 2 aromatic rings. The molecule has 1 aliphatic heterocycles. The molecule has 1 atom stereocenters. The second-order valence-electron chi connectivity index (χ2n) is 5.87. The van der Waals surface area contributed by atoms with Crippen LogP contribution in [0.5, 0.6) is 17.4 Å². The predicted molar refractivity (Wildman–Crippen MR) is 86.6 cm³/mol. The average Bonchev–Trinajstić information content (AvgIpc) is 2.97. The number of rotatable bonds is 3. The summed E-state index contributed by atoms with van der Waals surface area (Å²) in [6.45, 7) is 4.05. The number of hydrogen-bond donors (Lipinski definition) is 3. The predicted octanol–water partition coefficient (Wildman–Crippen LogP) is 2.47. The molecule has 1 unspecified atom stereocenters. The standard InChI is InChI=1S/C17H18N4O3/c1-8(2)15-14-13(9-4-5-11(22)12(6-9)23-3)10(7-18)16(19)24-17(14)21-20-15/h4-6,8,13,22H,19H2,1-3H3,(H,20,21). The van der Waals surface area contributed by atoms with E-state index in [0.717, 1.165) is 16.8 Å². The summed E-state index contributed by atoms with van der Waals surface area (Å²) in [6.07, 6.45) is 0. The molecule has 124 valence electrons. The van der Waals surface area contributed by atoms with Crippen LogP contribution < -0.4 is 15.2 Å². The molecule has 3 rings (SSSR count). The van der Waals surface area contributed by atoms with Gasteiger partial charge in [0.25, 0.3) is 0 Å². The van der Waals surface area contributed by atoms with Gasteiger partial charge < -0.3 is 20.3 Å². The van der Waals surface area contributed by atoms with Gasteiger partial charge in [-0.2, -0.15) is 5.26 Å². The van der Waals surface area contributed by atoms with Crippen LogP contribution in [-0.2, 0) is 0 Å². The number of methoxy groups -OCH3 is 1. The highest BCUT2D eigenvalue weighted by Crippen LogP contribution is 2.45. The Labute approximate surface area is 139 Å². The van der Waals surface area contributed by atoms with Gasteiger partial charge in [0.1, 0.15) is 11.6 Å². The molecule has 7 heteroatoms. The van der Waals surface area contributed by atoms with Crippen LogP contribution in [0.25, 0.3) is 0 Å². The van der Waals surface area contributed by atoms with Crippen LogP contribution in [0.15, 0.2) is 29.7 Å². The Morgan fingerprint density at radius 3 is 2.83 bits per heavy atom. The number of nitrogens with one attached hydrogen (secondary N) is 1. The van der Waals surface area contributed by atoms with Crippen molar-refractivity contribution in [3.05, 3.63) is 46.5 Å². The smallest absolute Gasteiger partial charge is 0.244 e. The van der Waals surface area contributed by atoms with E-state index >= 15 is 0 Å². The third-order valence-corrected chi connectivity index (χ3v) is 4.08. The third-order valence-electron chi connectivity index (χ3n) is 4.08. The zero-order valence-corrected chi connectivity index (χ0v) is 13.6. The Balaban J connectivity index is 2.25. The number of benzene rings is 1. The van der Waals surface area contributed by atoms with Crippen LogP contribution in [0.1, 0.15) is 42.5 Å². The van der Waals surface area contributed by atoms with Crippen molar-refractivity contribution in [1.29, 1.82) is 5.26 Å². The zero-order chi connectivity index (χ0) is 17.4. The number of nitrogens with two attached hydrogens (primary N) is 1. The van der Waals surface area contributed by atoms with Crippen molar-refractivity contribution in [3.63, 3.8) is 0 Å². The number of aromatic amines is 1. The Kier molecular flexibility index (Phi) is 3.81. The first-order chi connectivity index (χ1) is 11.5. The van der Waals surface area contributed by atoms with E-state index in [-0.39, 0.29) is 17.6 Å². The van der Waals surface area contributed by atoms with Crippen LogP contribution in [0.4, 0.5) is 0 Å². The van der Waals surface area contributed by atoms with Crippen molar-refractivity contribution >= 4 is 0 Å². The van der Waals surface area contributed by atoms with Gasteiger partial charge in [-0.1, -0.05) is 19.9 Å². The van der Waals surface area contributed by atoms with E-state index in [1.807, 2.05) is 13.8 Å². The Morgan fingerprint density at radius 2 is 2.21 bits per heavy atom. The van der Waals surface area contributed by atoms with Crippen molar-refractivity contribution in [1.82, 2.24) is 10.2 Å². The lowest BCUT2D eigenvalue weighted by Gasteiger charge is -2.25. The molecule has 1 aliphatic rings. The lowest BCUT2D eigenvalue weighted by atomic mass is 9.82. The number of phenols is 1. The number of nitrogens with zero attached hydrogens (tertiary/aromatic N) is 2. The fourth-order valence-corrected chi connectivity index (χ4v) is 2.92. The zero-order valence-electron chi connectivity index (χ0n) is 13.6. The van der Waals surface area contributed by atoms with Gasteiger partial charge >= 0.3 is 0 Å². The van der Waals surface area contributed by atoms with Crippen molar-refractivity contribution < 1.29 is 14.6 Å². The maximum absolute atomic E-state index is 9.84. The Bertz CT molecular complexity index is 861. The van der Waals surface area contributed by atoms with E-state index < -0.39 is 5.92 Å². The first kappa shape index (κ1) is 15.7. The van der Waals surface area contributed by atoms with E-state index in [4.69, 9.17) is 15.2 Å². The number of phenolic OH excluding ortho intramolecular Hbond substituents is 1. The van der Waals surface area contributed by atoms with Crippen molar-refractivity contribution in [2.24, 2.45) is 5.73 Å². The number of ether oxygens (including phenoxy) is 2. The van der Waals surface area contributed by atoms with Crippen molar-refractivity contribution in [3.8, 4) is 23.4 Å². The number of hydrogen-bond acceptors (Lipinski definition) is 6. The molecule has 0 spiro atoms. The molecule has 0 amide bonds. The second-order valence-corrected chi connectivity index (χ2v) is 5.87. The molecular weight excluding hydrogens is 308 g/mol. The van der Waals surface area contributed by atoms with Crippen molar-refractivity contribution in [2.75, 3.05) is 7.11 Å². The van der Waals surface area contributed by atoms with Gasteiger partial charge in [0.2, 0.25) is 11.8 Å². The summed E-state index contributed by atoms with van der Waals surface area (Å²) in [4.78, 5) is 0. The molecule has 0 saturated carbocycles. The highest BCUT2D eigenvalue weighted by atomic mass is 16.5. The molecule has 0 bridgehead atoms. The maximum atomic E-state index is 9.84. The van der Waals surface area contributed by atoms with Crippen LogP contribution in [0, 0.1) is 11.3 Å². The van der Waals surface area contributed by atoms with E-state index in [2.05, 4.69) is 16.3 Å². The lowest BCUT2D eigenvalue weighted by molar-refractivity contribution is 0.370. The topological polar surface area (TPSA) is 117 Å². The number of H-pyrrole nitrogens is 1. The van der Waals surface area contributed by atoms with E-state index in [1.54, 1.807) is 12.1 Å². The molecule has 0 saturated heterocycles. The largest absolute Gasteiger partial charge is 0.504 e. The summed E-state index contributed by atoms with van der Waals surface area (Å²) in [5.74, 6) is 0.470. The summed E-state index contributed by atoms with van der Waals surface area (Å²) >= 11 is 0. The van der Waals surface area contributed by atoms with Crippen LogP contribution in [0.2, 0.25) is 0 Å². The molecule has 1 aromatic heterocycles. The molecule has 2 heterocycles. The molecule has 0 aliphatic carbocycles. The van der Waals surface area contributed by atoms with E-state index in [0.29, 0.717) is 17.2 Å². The average molecular weight is 326 g/mol. The molecule has 1 aromatic carbocycles. The van der Waals surface area contributed by atoms with Gasteiger partial charge in [0, 0.05) is 5.69 Å². The maximum Gasteiger partial charge on any atom is 0.244 e. The van der Waals surface area contributed by atoms with Crippen molar-refractivity contribution in [2.45, 2.75) is 25.7 Å². The van der Waals surface area contributed by atoms with Gasteiger partial charge in [-0.25, -0.2) is 0 Å². The minimum absolute atomic E-state index is 0.0280. The first-order valence-corrected chi connectivity index (χ1v) is 7.50. The number of aromatic nitrogens is 2. The number of aromatic hydroxyl groups is 1. The Hall–Kier alpha value is -3.14. The monoisotopic (exact) mass is 326 g/mol. The highest BCUT2D eigenvalue weighted by Gasteiger charge is 2.36. The number of fused-ring (bicyclic) bond motifs is 1. The van der Waals surface area contributed by atoms with E-state index in [1.165, 1.54) is 13.2 Å². The van der Waals surface area contributed by atoms with Crippen LogP contribution >= 0.6 is 0 Å². The summed E-state index contributed by atoms with van der Waals surface area (Å²) < 4.78 is 10.7. The van der Waals surface area contributed by atoms with Gasteiger partial charge in [0.05, 0.1) is 18.6 Å². The molecular formula is C17H18N4O3. The van der Waals surface area contributed by atoms with Gasteiger partial charge in [-0.05, 0) is 23.6 Å². The van der Waals surface area contributed by atoms with Crippen LogP contribution in [-0.4, -0.2) is 22.4 Å². The summed E-state index contributed by atoms with van der Waals surface area (Å²) in [7, 11) is 1.47. The Morgan fingerprint density at radius 1 is 1.46 bits per heavy atom. The first-order valence-electron chi connectivity index (χ1n) is 7.50. The highest BCUT2D eigenvalue weighted by molar-refractivity contribution is 5.57. The van der Waals surface area contributed by atoms with Gasteiger partial charge in [-0.3, -0.25) is 5.10 Å². The molecule has 0 fully saturated rings. The molecule has 7 nitrogen and oxygen atoms in total. The molecule has 4 N–H and O–H groups in total. The SMILES string of the molecule is COc1cc(C2C(C#N)=C(N)Oc3n[nH]c(C(C)C)c32)ccc1O. The minimum atomic E-state index is -0.440. The fourth-order valence-electron chi connectivity index (χ4n) is 2.92. The van der Waals surface area contributed by atoms with E-state index in [9.17, 15) is 10.4 Å². The summed E-state index contributed by atoms with van der Waals surface area (Å²) in [5.41, 5.74) is 8.64. The van der Waals surface area contributed by atoms with Crippen LogP contribution in [0.3, 0.4) is 0 Å². The second kappa shape index (κ2) is 5.81. The van der Waals surface area contributed by atoms with Gasteiger partial charge in [0.15, 0.2) is 11.5 Å². The summed E-state index contributed by atoms with van der Waals surface area (Å²) in [5, 5.41) is 26.6. The minimum Gasteiger partial charge on any atom is -0.504 e. The fraction of sp³-hybridized carbons (Fsp3) is 0.294. The molecule has 24 heavy (non-hydrogen) atoms. The van der Waals surface area contributed by atoms with Gasteiger partial charge in [-0.15, -0.1) is 5.10 Å². The quantitative estimate of drug-likeness (QED) is 0.797. The summed E-state index contributed by atoms with van der Waals surface area (Å²) in [6, 6.07) is 7.09. The number of nitriles is 1.